The van der Waals surface area contributed by atoms with E-state index in [1.165, 1.54) is 19.3 Å². The SMILES string of the molecule is CC12CC3CC(OCCO)C(C)(C1)C32C. The molecule has 3 aliphatic rings. The lowest BCUT2D eigenvalue weighted by atomic mass is 9.28. The first kappa shape index (κ1) is 10.1. The van der Waals surface area contributed by atoms with Crippen molar-refractivity contribution >= 4 is 0 Å². The number of rotatable bonds is 3. The van der Waals surface area contributed by atoms with Gasteiger partial charge in [-0.1, -0.05) is 20.8 Å². The molecule has 0 spiro atoms. The largest absolute Gasteiger partial charge is 0.394 e. The van der Waals surface area contributed by atoms with Gasteiger partial charge >= 0.3 is 0 Å². The normalized spacial score (nSPS) is 60.8. The van der Waals surface area contributed by atoms with Gasteiger partial charge in [-0.15, -0.1) is 0 Å². The molecule has 2 nitrogen and oxygen atoms in total. The summed E-state index contributed by atoms with van der Waals surface area (Å²) in [5.74, 6) is 0.880. The minimum Gasteiger partial charge on any atom is -0.394 e. The third kappa shape index (κ3) is 0.826. The van der Waals surface area contributed by atoms with E-state index in [2.05, 4.69) is 20.8 Å². The zero-order valence-electron chi connectivity index (χ0n) is 10.0. The second-order valence-corrected chi connectivity index (χ2v) is 6.58. The van der Waals surface area contributed by atoms with Crippen LogP contribution in [-0.4, -0.2) is 24.4 Å². The van der Waals surface area contributed by atoms with Gasteiger partial charge in [0.15, 0.2) is 0 Å². The third-order valence-electron chi connectivity index (χ3n) is 6.33. The summed E-state index contributed by atoms with van der Waals surface area (Å²) in [4.78, 5) is 0. The minimum absolute atomic E-state index is 0.158. The summed E-state index contributed by atoms with van der Waals surface area (Å²) in [6.07, 6.45) is 4.35. The molecule has 86 valence electrons. The first-order valence-corrected chi connectivity index (χ1v) is 6.20. The molecule has 2 heteroatoms. The second kappa shape index (κ2) is 2.60. The van der Waals surface area contributed by atoms with Crippen LogP contribution in [0.15, 0.2) is 0 Å². The van der Waals surface area contributed by atoms with Crippen molar-refractivity contribution in [1.29, 1.82) is 0 Å². The van der Waals surface area contributed by atoms with Crippen molar-refractivity contribution < 1.29 is 9.84 Å². The van der Waals surface area contributed by atoms with Crippen LogP contribution >= 0.6 is 0 Å². The average molecular weight is 210 g/mol. The molecule has 0 saturated heterocycles. The molecular weight excluding hydrogens is 188 g/mol. The Balaban J connectivity index is 1.82. The smallest absolute Gasteiger partial charge is 0.0701 e. The Bertz CT molecular complexity index is 303. The van der Waals surface area contributed by atoms with Crippen molar-refractivity contribution in [2.24, 2.45) is 22.2 Å². The molecule has 0 heterocycles. The Morgan fingerprint density at radius 1 is 1.33 bits per heavy atom. The van der Waals surface area contributed by atoms with Crippen LogP contribution in [-0.2, 0) is 4.74 Å². The predicted octanol–water partition coefficient (Wildman–Crippen LogP) is 2.21. The molecule has 0 bridgehead atoms. The van der Waals surface area contributed by atoms with E-state index in [1.807, 2.05) is 0 Å². The minimum atomic E-state index is 0.158. The van der Waals surface area contributed by atoms with Crippen molar-refractivity contribution in [3.05, 3.63) is 0 Å². The zero-order chi connectivity index (χ0) is 10.9. The lowest BCUT2D eigenvalue weighted by Crippen LogP contribution is -2.70. The Morgan fingerprint density at radius 2 is 2.07 bits per heavy atom. The average Bonchev–Trinajstić information content (AvgIpc) is 2.30. The lowest BCUT2D eigenvalue weighted by molar-refractivity contribution is -0.290. The number of ether oxygens (including phenoxy) is 1. The molecule has 3 fully saturated rings. The van der Waals surface area contributed by atoms with Crippen molar-refractivity contribution in [2.75, 3.05) is 13.2 Å². The molecule has 0 aromatic carbocycles. The fourth-order valence-electron chi connectivity index (χ4n) is 5.35. The molecule has 5 unspecified atom stereocenters. The summed E-state index contributed by atoms with van der Waals surface area (Å²) in [5.41, 5.74) is 1.52. The van der Waals surface area contributed by atoms with Gasteiger partial charge in [0, 0.05) is 5.41 Å². The van der Waals surface area contributed by atoms with Crippen LogP contribution in [0.1, 0.15) is 40.0 Å². The highest BCUT2D eigenvalue weighted by Crippen LogP contribution is 2.86. The van der Waals surface area contributed by atoms with E-state index in [4.69, 9.17) is 9.84 Å². The Hall–Kier alpha value is -0.0800. The van der Waals surface area contributed by atoms with Gasteiger partial charge in [0.2, 0.25) is 0 Å². The van der Waals surface area contributed by atoms with Crippen LogP contribution < -0.4 is 0 Å². The number of hydrogen-bond donors (Lipinski definition) is 1. The molecule has 0 aliphatic heterocycles. The molecule has 0 radical (unpaired) electrons. The van der Waals surface area contributed by atoms with Crippen molar-refractivity contribution in [3.8, 4) is 0 Å². The van der Waals surface area contributed by atoms with Gasteiger partial charge in [-0.2, -0.15) is 0 Å². The van der Waals surface area contributed by atoms with E-state index in [9.17, 15) is 0 Å². The highest BCUT2D eigenvalue weighted by atomic mass is 16.5. The summed E-state index contributed by atoms with van der Waals surface area (Å²) >= 11 is 0. The van der Waals surface area contributed by atoms with Crippen LogP contribution in [0.2, 0.25) is 0 Å². The summed E-state index contributed by atoms with van der Waals surface area (Å²) in [5, 5.41) is 8.85. The molecular formula is C13H22O2. The summed E-state index contributed by atoms with van der Waals surface area (Å²) < 4.78 is 5.85. The standard InChI is InChI=1S/C13H22O2/c1-11-7-9-6-10(15-5-4-14)12(2,8-11)13(9,11)3/h9-10,14H,4-8H2,1-3H3. The molecule has 5 atom stereocenters. The maximum absolute atomic E-state index is 8.85. The number of aliphatic hydroxyl groups is 1. The van der Waals surface area contributed by atoms with E-state index in [1.54, 1.807) is 0 Å². The second-order valence-electron chi connectivity index (χ2n) is 6.58. The van der Waals surface area contributed by atoms with Crippen LogP contribution in [0.3, 0.4) is 0 Å². The van der Waals surface area contributed by atoms with Crippen LogP contribution in [0, 0.1) is 22.2 Å². The van der Waals surface area contributed by atoms with E-state index in [0.29, 0.717) is 29.0 Å². The van der Waals surface area contributed by atoms with Gasteiger partial charge in [-0.3, -0.25) is 0 Å². The molecule has 0 aromatic rings. The van der Waals surface area contributed by atoms with Crippen LogP contribution in [0.25, 0.3) is 0 Å². The first-order chi connectivity index (χ1) is 6.98. The maximum atomic E-state index is 8.85. The Labute approximate surface area is 92.0 Å². The van der Waals surface area contributed by atoms with Gasteiger partial charge in [0.05, 0.1) is 19.3 Å². The van der Waals surface area contributed by atoms with Gasteiger partial charge in [0.1, 0.15) is 0 Å². The molecule has 3 saturated carbocycles. The van der Waals surface area contributed by atoms with E-state index >= 15 is 0 Å². The maximum Gasteiger partial charge on any atom is 0.0701 e. The Kier molecular flexibility index (Phi) is 1.75. The molecule has 3 rings (SSSR count). The van der Waals surface area contributed by atoms with Crippen molar-refractivity contribution in [1.82, 2.24) is 0 Å². The van der Waals surface area contributed by atoms with Crippen LogP contribution in [0.4, 0.5) is 0 Å². The monoisotopic (exact) mass is 210 g/mol. The van der Waals surface area contributed by atoms with Gasteiger partial charge in [0.25, 0.3) is 0 Å². The van der Waals surface area contributed by atoms with E-state index in [-0.39, 0.29) is 6.61 Å². The zero-order valence-corrected chi connectivity index (χ0v) is 10.0. The highest BCUT2D eigenvalue weighted by molar-refractivity contribution is 5.30. The molecule has 0 aromatic heterocycles. The quantitative estimate of drug-likeness (QED) is 0.774. The summed E-state index contributed by atoms with van der Waals surface area (Å²) in [6, 6.07) is 0. The molecule has 15 heavy (non-hydrogen) atoms. The van der Waals surface area contributed by atoms with Crippen LogP contribution in [0.5, 0.6) is 0 Å². The molecule has 1 N–H and O–H groups in total. The first-order valence-electron chi connectivity index (χ1n) is 6.20. The topological polar surface area (TPSA) is 29.5 Å². The molecule has 0 amide bonds. The molecule has 3 aliphatic carbocycles. The lowest BCUT2D eigenvalue weighted by Gasteiger charge is -2.76. The fourth-order valence-corrected chi connectivity index (χ4v) is 5.35. The van der Waals surface area contributed by atoms with E-state index < -0.39 is 0 Å². The van der Waals surface area contributed by atoms with Crippen molar-refractivity contribution in [3.63, 3.8) is 0 Å². The fraction of sp³-hybridized carbons (Fsp3) is 1.00. The Morgan fingerprint density at radius 3 is 2.60 bits per heavy atom. The summed E-state index contributed by atoms with van der Waals surface area (Å²) in [7, 11) is 0. The third-order valence-corrected chi connectivity index (χ3v) is 6.33. The number of hydrogen-bond acceptors (Lipinski definition) is 2. The summed E-state index contributed by atoms with van der Waals surface area (Å²) in [6.45, 7) is 7.98. The van der Waals surface area contributed by atoms with Crippen molar-refractivity contribution in [2.45, 2.75) is 46.1 Å². The van der Waals surface area contributed by atoms with Gasteiger partial charge in [-0.25, -0.2) is 0 Å². The van der Waals surface area contributed by atoms with Gasteiger partial charge in [-0.05, 0) is 36.0 Å². The highest BCUT2D eigenvalue weighted by Gasteiger charge is 2.81. The van der Waals surface area contributed by atoms with Gasteiger partial charge < -0.3 is 9.84 Å². The predicted molar refractivity (Wildman–Crippen MR) is 58.5 cm³/mol. The number of aliphatic hydroxyl groups excluding tert-OH is 1. The van der Waals surface area contributed by atoms with E-state index in [0.717, 1.165) is 5.92 Å².